The number of nitrogens with two attached hydrogens (primary N) is 1. The quantitative estimate of drug-likeness (QED) is 0.890. The number of benzene rings is 2. The first-order chi connectivity index (χ1) is 9.99. The molecular weight excluding hydrogens is 278 g/mol. The number of hydrogen-bond donors (Lipinski definition) is 2. The predicted octanol–water partition coefficient (Wildman–Crippen LogP) is 2.61. The van der Waals surface area contributed by atoms with Gasteiger partial charge in [-0.1, -0.05) is 0 Å². The van der Waals surface area contributed by atoms with E-state index in [4.69, 9.17) is 10.5 Å². The molecule has 0 aromatic heterocycles. The summed E-state index contributed by atoms with van der Waals surface area (Å²) >= 11 is 0. The molecule has 1 amide bonds. The fourth-order valence-corrected chi connectivity index (χ4v) is 1.91. The summed E-state index contributed by atoms with van der Waals surface area (Å²) in [4.78, 5) is 11.5. The fraction of sp³-hybridized carbons (Fsp3) is 0.133. The lowest BCUT2D eigenvalue weighted by Gasteiger charge is -2.17. The zero-order chi connectivity index (χ0) is 15.4. The van der Waals surface area contributed by atoms with Crippen LogP contribution in [-0.4, -0.2) is 13.0 Å². The Bertz CT molecular complexity index is 624. The first-order valence-corrected chi connectivity index (χ1v) is 6.15. The maximum atomic E-state index is 13.3. The third kappa shape index (κ3) is 3.68. The second-order valence-electron chi connectivity index (χ2n) is 4.41. The van der Waals surface area contributed by atoms with Crippen molar-refractivity contribution in [2.75, 3.05) is 12.4 Å². The van der Waals surface area contributed by atoms with Gasteiger partial charge in [0.1, 0.15) is 23.4 Å². The molecule has 2 aromatic rings. The Morgan fingerprint density at radius 1 is 1.14 bits per heavy atom. The number of halogens is 2. The van der Waals surface area contributed by atoms with Crippen molar-refractivity contribution in [3.8, 4) is 5.75 Å². The molecule has 6 heteroatoms. The number of methoxy groups -OCH3 is 1. The molecule has 2 aromatic carbocycles. The van der Waals surface area contributed by atoms with Crippen molar-refractivity contribution in [2.45, 2.75) is 6.04 Å². The van der Waals surface area contributed by atoms with Crippen molar-refractivity contribution in [3.63, 3.8) is 0 Å². The summed E-state index contributed by atoms with van der Waals surface area (Å²) in [5.41, 5.74) is 6.00. The first-order valence-electron chi connectivity index (χ1n) is 6.15. The van der Waals surface area contributed by atoms with Crippen LogP contribution in [0, 0.1) is 11.6 Å². The van der Waals surface area contributed by atoms with Gasteiger partial charge in [-0.25, -0.2) is 8.78 Å². The normalized spacial score (nSPS) is 11.8. The number of nitrogens with one attached hydrogen (secondary N) is 1. The molecule has 0 aliphatic rings. The Balaban J connectivity index is 2.28. The van der Waals surface area contributed by atoms with E-state index in [0.29, 0.717) is 11.4 Å². The molecular formula is C15H14F2N2O2. The van der Waals surface area contributed by atoms with Gasteiger partial charge in [0, 0.05) is 11.8 Å². The Morgan fingerprint density at radius 3 is 2.19 bits per heavy atom. The third-order valence-corrected chi connectivity index (χ3v) is 2.90. The summed E-state index contributed by atoms with van der Waals surface area (Å²) in [5, 5.41) is 2.84. The number of carbonyl (C=O) groups is 1. The molecule has 2 rings (SSSR count). The number of ether oxygens (including phenoxy) is 1. The van der Waals surface area contributed by atoms with Crippen LogP contribution in [0.15, 0.2) is 42.5 Å². The van der Waals surface area contributed by atoms with Crippen LogP contribution in [0.4, 0.5) is 14.5 Å². The minimum atomic E-state index is -1.04. The number of amides is 1. The molecule has 21 heavy (non-hydrogen) atoms. The Kier molecular flexibility index (Phi) is 4.37. The number of hydrogen-bond acceptors (Lipinski definition) is 3. The maximum Gasteiger partial charge on any atom is 0.244 e. The van der Waals surface area contributed by atoms with Crippen LogP contribution in [0.1, 0.15) is 11.6 Å². The van der Waals surface area contributed by atoms with E-state index >= 15 is 0 Å². The van der Waals surface area contributed by atoms with Crippen LogP contribution < -0.4 is 15.8 Å². The number of rotatable bonds is 5. The monoisotopic (exact) mass is 292 g/mol. The molecule has 0 radical (unpaired) electrons. The summed E-state index contributed by atoms with van der Waals surface area (Å²) in [6.45, 7) is 0. The topological polar surface area (TPSA) is 64.3 Å². The van der Waals surface area contributed by atoms with E-state index in [1.807, 2.05) is 0 Å². The minimum Gasteiger partial charge on any atom is -0.497 e. The highest BCUT2D eigenvalue weighted by Crippen LogP contribution is 2.23. The molecule has 0 saturated carbocycles. The van der Waals surface area contributed by atoms with Crippen molar-refractivity contribution in [1.82, 2.24) is 0 Å². The standard InChI is InChI=1S/C15H14F2N2O2/c1-21-13-4-2-12(3-5-13)19-14(15(18)20)9-6-10(16)8-11(17)7-9/h2-8,14,19H,1H3,(H2,18,20). The molecule has 0 spiro atoms. The lowest BCUT2D eigenvalue weighted by molar-refractivity contribution is -0.118. The van der Waals surface area contributed by atoms with Crippen molar-refractivity contribution in [1.29, 1.82) is 0 Å². The highest BCUT2D eigenvalue weighted by molar-refractivity contribution is 5.84. The van der Waals surface area contributed by atoms with Crippen LogP contribution in [0.5, 0.6) is 5.75 Å². The van der Waals surface area contributed by atoms with E-state index in [2.05, 4.69) is 5.32 Å². The Labute approximate surface area is 120 Å². The molecule has 0 aliphatic heterocycles. The molecule has 0 saturated heterocycles. The molecule has 0 bridgehead atoms. The van der Waals surface area contributed by atoms with Crippen LogP contribution in [0.3, 0.4) is 0 Å². The van der Waals surface area contributed by atoms with Crippen molar-refractivity contribution in [3.05, 3.63) is 59.7 Å². The minimum absolute atomic E-state index is 0.121. The Morgan fingerprint density at radius 2 is 1.71 bits per heavy atom. The van der Waals surface area contributed by atoms with Gasteiger partial charge in [-0.3, -0.25) is 4.79 Å². The molecule has 0 heterocycles. The van der Waals surface area contributed by atoms with E-state index in [9.17, 15) is 13.6 Å². The van der Waals surface area contributed by atoms with Crippen molar-refractivity contribution < 1.29 is 18.3 Å². The SMILES string of the molecule is COc1ccc(NC(C(N)=O)c2cc(F)cc(F)c2)cc1. The highest BCUT2D eigenvalue weighted by atomic mass is 19.1. The van der Waals surface area contributed by atoms with E-state index in [0.717, 1.165) is 18.2 Å². The van der Waals surface area contributed by atoms with Gasteiger partial charge in [0.05, 0.1) is 7.11 Å². The van der Waals surface area contributed by atoms with Crippen LogP contribution in [0.25, 0.3) is 0 Å². The predicted molar refractivity (Wildman–Crippen MR) is 74.9 cm³/mol. The number of primary amides is 1. The highest BCUT2D eigenvalue weighted by Gasteiger charge is 2.19. The molecule has 3 N–H and O–H groups in total. The largest absolute Gasteiger partial charge is 0.497 e. The van der Waals surface area contributed by atoms with Gasteiger partial charge in [-0.15, -0.1) is 0 Å². The second kappa shape index (κ2) is 6.21. The summed E-state index contributed by atoms with van der Waals surface area (Å²) in [6, 6.07) is 8.54. The Hall–Kier alpha value is -2.63. The van der Waals surface area contributed by atoms with Gasteiger partial charge in [-0.05, 0) is 42.0 Å². The molecule has 0 aliphatic carbocycles. The van der Waals surface area contributed by atoms with Crippen LogP contribution >= 0.6 is 0 Å². The van der Waals surface area contributed by atoms with E-state index < -0.39 is 23.6 Å². The van der Waals surface area contributed by atoms with Gasteiger partial charge < -0.3 is 15.8 Å². The molecule has 1 atom stereocenters. The van der Waals surface area contributed by atoms with Crippen LogP contribution in [-0.2, 0) is 4.79 Å². The summed E-state index contributed by atoms with van der Waals surface area (Å²) in [6.07, 6.45) is 0. The van der Waals surface area contributed by atoms with Gasteiger partial charge in [0.15, 0.2) is 0 Å². The van der Waals surface area contributed by atoms with Gasteiger partial charge in [0.25, 0.3) is 0 Å². The molecule has 4 nitrogen and oxygen atoms in total. The summed E-state index contributed by atoms with van der Waals surface area (Å²) in [7, 11) is 1.53. The van der Waals surface area contributed by atoms with Crippen molar-refractivity contribution >= 4 is 11.6 Å². The lowest BCUT2D eigenvalue weighted by atomic mass is 10.1. The number of carbonyl (C=O) groups excluding carboxylic acids is 1. The zero-order valence-corrected chi connectivity index (χ0v) is 11.3. The molecule has 110 valence electrons. The van der Waals surface area contributed by atoms with Crippen molar-refractivity contribution in [2.24, 2.45) is 5.73 Å². The van der Waals surface area contributed by atoms with Gasteiger partial charge in [0.2, 0.25) is 5.91 Å². The first kappa shape index (κ1) is 14.8. The summed E-state index contributed by atoms with van der Waals surface area (Å²) in [5.74, 6) is -1.63. The summed E-state index contributed by atoms with van der Waals surface area (Å²) < 4.78 is 31.5. The van der Waals surface area contributed by atoms with E-state index in [-0.39, 0.29) is 5.56 Å². The van der Waals surface area contributed by atoms with Gasteiger partial charge in [-0.2, -0.15) is 0 Å². The van der Waals surface area contributed by atoms with E-state index in [1.54, 1.807) is 24.3 Å². The zero-order valence-electron chi connectivity index (χ0n) is 11.3. The average Bonchev–Trinajstić information content (AvgIpc) is 2.44. The van der Waals surface area contributed by atoms with Crippen LogP contribution in [0.2, 0.25) is 0 Å². The third-order valence-electron chi connectivity index (χ3n) is 2.90. The average molecular weight is 292 g/mol. The molecule has 0 fully saturated rings. The number of anilines is 1. The fourth-order valence-electron chi connectivity index (χ4n) is 1.91. The van der Waals surface area contributed by atoms with Gasteiger partial charge >= 0.3 is 0 Å². The van der Waals surface area contributed by atoms with E-state index in [1.165, 1.54) is 7.11 Å². The smallest absolute Gasteiger partial charge is 0.244 e. The lowest BCUT2D eigenvalue weighted by Crippen LogP contribution is -2.27. The molecule has 1 unspecified atom stereocenters. The second-order valence-corrected chi connectivity index (χ2v) is 4.41. The maximum absolute atomic E-state index is 13.3.